The van der Waals surface area contributed by atoms with Crippen LogP contribution < -0.4 is 0 Å². The van der Waals surface area contributed by atoms with Gasteiger partial charge in [0.15, 0.2) is 0 Å². The number of phenols is 1. The van der Waals surface area contributed by atoms with Crippen LogP contribution in [0.15, 0.2) is 18.2 Å². The summed E-state index contributed by atoms with van der Waals surface area (Å²) in [6.07, 6.45) is 4.15. The van der Waals surface area contributed by atoms with Gasteiger partial charge >= 0.3 is 0 Å². The van der Waals surface area contributed by atoms with Gasteiger partial charge in [-0.1, -0.05) is 13.0 Å². The molecule has 0 unspecified atom stereocenters. The summed E-state index contributed by atoms with van der Waals surface area (Å²) in [4.78, 5) is 2.28. The molecule has 0 aliphatic heterocycles. The molecule has 1 aromatic carbocycles. The van der Waals surface area contributed by atoms with E-state index in [1.54, 1.807) is 6.07 Å². The first kappa shape index (κ1) is 13.9. The molecule has 0 aromatic heterocycles. The molecule has 2 aliphatic rings. The smallest absolute Gasteiger partial charge is 0.115 e. The van der Waals surface area contributed by atoms with E-state index >= 15 is 0 Å². The zero-order chi connectivity index (χ0) is 14.5. The van der Waals surface area contributed by atoms with Crippen molar-refractivity contribution in [2.45, 2.75) is 44.1 Å². The van der Waals surface area contributed by atoms with Crippen molar-refractivity contribution >= 4 is 0 Å². The molecule has 3 rings (SSSR count). The van der Waals surface area contributed by atoms with E-state index in [0.717, 1.165) is 25.7 Å². The third-order valence-electron chi connectivity index (χ3n) is 5.64. The predicted molar refractivity (Wildman–Crippen MR) is 80.0 cm³/mol. The van der Waals surface area contributed by atoms with Gasteiger partial charge < -0.3 is 15.1 Å². The Morgan fingerprint density at radius 2 is 2.10 bits per heavy atom. The van der Waals surface area contributed by atoms with E-state index in [0.29, 0.717) is 11.8 Å². The van der Waals surface area contributed by atoms with Crippen molar-refractivity contribution in [2.24, 2.45) is 5.41 Å². The van der Waals surface area contributed by atoms with Gasteiger partial charge in [0.05, 0.1) is 6.61 Å². The van der Waals surface area contributed by atoms with Crippen LogP contribution in [0.2, 0.25) is 0 Å². The lowest BCUT2D eigenvalue weighted by atomic mass is 9.52. The molecule has 1 saturated carbocycles. The van der Waals surface area contributed by atoms with Gasteiger partial charge in [0.25, 0.3) is 0 Å². The molecule has 3 heteroatoms. The third-order valence-corrected chi connectivity index (χ3v) is 5.64. The van der Waals surface area contributed by atoms with Gasteiger partial charge in [-0.25, -0.2) is 0 Å². The average Bonchev–Trinajstić information content (AvgIpc) is 2.39. The molecule has 3 nitrogen and oxygen atoms in total. The molecule has 1 fully saturated rings. The number of hydrogen-bond acceptors (Lipinski definition) is 3. The fourth-order valence-corrected chi connectivity index (χ4v) is 4.84. The van der Waals surface area contributed by atoms with Crippen LogP contribution in [-0.4, -0.2) is 41.9 Å². The summed E-state index contributed by atoms with van der Waals surface area (Å²) in [5.41, 5.74) is 2.64. The second-order valence-electron chi connectivity index (χ2n) is 7.29. The van der Waals surface area contributed by atoms with E-state index in [9.17, 15) is 10.2 Å². The van der Waals surface area contributed by atoms with E-state index < -0.39 is 0 Å². The lowest BCUT2D eigenvalue weighted by Crippen LogP contribution is -2.57. The molecule has 0 saturated heterocycles. The Morgan fingerprint density at radius 1 is 1.35 bits per heavy atom. The van der Waals surface area contributed by atoms with Crippen molar-refractivity contribution in [1.29, 1.82) is 0 Å². The molecule has 1 aromatic rings. The van der Waals surface area contributed by atoms with Crippen molar-refractivity contribution in [3.8, 4) is 5.75 Å². The molecule has 0 heterocycles. The number of rotatable bonds is 2. The van der Waals surface area contributed by atoms with Crippen LogP contribution in [0.4, 0.5) is 0 Å². The zero-order valence-corrected chi connectivity index (χ0v) is 12.7. The van der Waals surface area contributed by atoms with Gasteiger partial charge in [0.2, 0.25) is 0 Å². The van der Waals surface area contributed by atoms with Crippen molar-refractivity contribution in [3.63, 3.8) is 0 Å². The van der Waals surface area contributed by atoms with Crippen LogP contribution in [0.1, 0.15) is 37.3 Å². The van der Waals surface area contributed by atoms with Crippen molar-refractivity contribution in [2.75, 3.05) is 20.7 Å². The van der Waals surface area contributed by atoms with Crippen LogP contribution in [-0.2, 0) is 11.8 Å². The average molecular weight is 275 g/mol. The molecule has 2 bridgehead atoms. The standard InChI is InChI=1S/C17H25NO2/c1-16-7-6-15(18(2)3)17(10-16,11-19)9-12-4-5-13(20)8-14(12)16/h4-5,8,15,19-20H,6-7,9-11H2,1-3H3/t15-,16-,17-/m1/s1. The molecule has 110 valence electrons. The van der Waals surface area contributed by atoms with Gasteiger partial charge in [-0.15, -0.1) is 0 Å². The Labute approximate surface area is 121 Å². The minimum atomic E-state index is -0.0412. The van der Waals surface area contributed by atoms with Gasteiger partial charge in [-0.2, -0.15) is 0 Å². The number of benzene rings is 1. The molecule has 0 amide bonds. The molecular formula is C17H25NO2. The highest BCUT2D eigenvalue weighted by atomic mass is 16.3. The number of aliphatic hydroxyl groups is 1. The molecule has 0 radical (unpaired) electrons. The molecule has 3 atom stereocenters. The lowest BCUT2D eigenvalue weighted by molar-refractivity contribution is -0.0338. The van der Waals surface area contributed by atoms with E-state index in [4.69, 9.17) is 0 Å². The van der Waals surface area contributed by atoms with Crippen LogP contribution in [0.3, 0.4) is 0 Å². The maximum absolute atomic E-state index is 10.1. The second kappa shape index (κ2) is 4.47. The van der Waals surface area contributed by atoms with E-state index in [2.05, 4.69) is 25.9 Å². The van der Waals surface area contributed by atoms with Crippen LogP contribution >= 0.6 is 0 Å². The van der Waals surface area contributed by atoms with Crippen LogP contribution in [0, 0.1) is 5.41 Å². The summed E-state index contributed by atoms with van der Waals surface area (Å²) in [7, 11) is 4.24. The quantitative estimate of drug-likeness (QED) is 0.870. The number of aromatic hydroxyl groups is 1. The first-order chi connectivity index (χ1) is 9.40. The number of aliphatic hydroxyl groups excluding tert-OH is 1. The first-order valence-electron chi connectivity index (χ1n) is 7.50. The Morgan fingerprint density at radius 3 is 2.75 bits per heavy atom. The SMILES string of the molecule is CN(C)[C@@H]1CC[C@]2(C)C[C@@]1(CO)Cc1ccc(O)cc12. The van der Waals surface area contributed by atoms with Gasteiger partial charge in [0, 0.05) is 11.5 Å². The summed E-state index contributed by atoms with van der Waals surface area (Å²) < 4.78 is 0. The fourth-order valence-electron chi connectivity index (χ4n) is 4.84. The molecule has 20 heavy (non-hydrogen) atoms. The number of fused-ring (bicyclic) bond motifs is 4. The molecule has 0 spiro atoms. The summed E-state index contributed by atoms with van der Waals surface area (Å²) in [5, 5.41) is 19.9. The monoisotopic (exact) mass is 275 g/mol. The highest BCUT2D eigenvalue weighted by Crippen LogP contribution is 2.55. The second-order valence-corrected chi connectivity index (χ2v) is 7.29. The van der Waals surface area contributed by atoms with E-state index in [1.807, 2.05) is 12.1 Å². The van der Waals surface area contributed by atoms with E-state index in [1.165, 1.54) is 11.1 Å². The summed E-state index contributed by atoms with van der Waals surface area (Å²) >= 11 is 0. The maximum atomic E-state index is 10.1. The summed E-state index contributed by atoms with van der Waals surface area (Å²) in [6.45, 7) is 2.53. The Balaban J connectivity index is 2.11. The lowest BCUT2D eigenvalue weighted by Gasteiger charge is -2.56. The number of phenolic OH excluding ortho intramolecular Hbond substituents is 1. The molecule has 2 aliphatic carbocycles. The van der Waals surface area contributed by atoms with Crippen LogP contribution in [0.5, 0.6) is 5.75 Å². The highest BCUT2D eigenvalue weighted by Gasteiger charge is 2.53. The minimum Gasteiger partial charge on any atom is -0.508 e. The van der Waals surface area contributed by atoms with Gasteiger partial charge in [-0.3, -0.25) is 0 Å². The predicted octanol–water partition coefficient (Wildman–Crippen LogP) is 2.30. The maximum Gasteiger partial charge on any atom is 0.115 e. The highest BCUT2D eigenvalue weighted by molar-refractivity contribution is 5.44. The Kier molecular flexibility index (Phi) is 3.11. The van der Waals surface area contributed by atoms with Gasteiger partial charge in [0.1, 0.15) is 5.75 Å². The van der Waals surface area contributed by atoms with Crippen molar-refractivity contribution in [3.05, 3.63) is 29.3 Å². The summed E-state index contributed by atoms with van der Waals surface area (Å²) in [6, 6.07) is 6.19. The fraction of sp³-hybridized carbons (Fsp3) is 0.647. The minimum absolute atomic E-state index is 0.0412. The van der Waals surface area contributed by atoms with Crippen molar-refractivity contribution < 1.29 is 10.2 Å². The Bertz CT molecular complexity index is 528. The number of hydrogen-bond donors (Lipinski definition) is 2. The molecule has 2 N–H and O–H groups in total. The zero-order valence-electron chi connectivity index (χ0n) is 12.7. The van der Waals surface area contributed by atoms with Crippen molar-refractivity contribution in [1.82, 2.24) is 4.90 Å². The largest absolute Gasteiger partial charge is 0.508 e. The Hall–Kier alpha value is -1.06. The topological polar surface area (TPSA) is 43.7 Å². The normalized spacial score (nSPS) is 36.0. The molecular weight excluding hydrogens is 250 g/mol. The first-order valence-corrected chi connectivity index (χ1v) is 7.50. The number of nitrogens with zero attached hydrogens (tertiary/aromatic N) is 1. The van der Waals surface area contributed by atoms with Gasteiger partial charge in [-0.05, 0) is 68.5 Å². The van der Waals surface area contributed by atoms with Crippen LogP contribution in [0.25, 0.3) is 0 Å². The third kappa shape index (κ3) is 1.87. The van der Waals surface area contributed by atoms with E-state index in [-0.39, 0.29) is 17.4 Å². The summed E-state index contributed by atoms with van der Waals surface area (Å²) in [5.74, 6) is 0.358.